The summed E-state index contributed by atoms with van der Waals surface area (Å²) in [6.07, 6.45) is 3.89. The van der Waals surface area contributed by atoms with Crippen molar-refractivity contribution in [2.24, 2.45) is 10.4 Å². The largest absolute Gasteiger partial charge is 0.356 e. The summed E-state index contributed by atoms with van der Waals surface area (Å²) in [6, 6.07) is 10.5. The second kappa shape index (κ2) is 8.63. The monoisotopic (exact) mass is 481 g/mol. The molecular formula is C21H32IN5. The molecule has 0 amide bonds. The lowest BCUT2D eigenvalue weighted by atomic mass is 9.65. The van der Waals surface area contributed by atoms with E-state index in [2.05, 4.69) is 78.7 Å². The predicted octanol–water partition coefficient (Wildman–Crippen LogP) is 4.14. The van der Waals surface area contributed by atoms with Crippen molar-refractivity contribution in [1.82, 2.24) is 19.8 Å². The summed E-state index contributed by atoms with van der Waals surface area (Å²) >= 11 is 0. The van der Waals surface area contributed by atoms with Crippen molar-refractivity contribution < 1.29 is 0 Å². The van der Waals surface area contributed by atoms with Crippen molar-refractivity contribution in [3.8, 4) is 0 Å². The van der Waals surface area contributed by atoms with E-state index in [9.17, 15) is 0 Å². The molecule has 1 aromatic carbocycles. The lowest BCUT2D eigenvalue weighted by molar-refractivity contribution is -0.0668. The van der Waals surface area contributed by atoms with Crippen LogP contribution >= 0.6 is 24.0 Å². The Balaban J connectivity index is 0.00000261. The highest BCUT2D eigenvalue weighted by molar-refractivity contribution is 14.0. The summed E-state index contributed by atoms with van der Waals surface area (Å²) in [7, 11) is 0. The maximum Gasteiger partial charge on any atom is 0.194 e. The van der Waals surface area contributed by atoms with Crippen molar-refractivity contribution >= 4 is 29.9 Å². The number of aromatic nitrogens is 2. The van der Waals surface area contributed by atoms with Gasteiger partial charge >= 0.3 is 0 Å². The highest BCUT2D eigenvalue weighted by Gasteiger charge is 2.53. The van der Waals surface area contributed by atoms with Gasteiger partial charge in [-0.1, -0.05) is 44.2 Å². The van der Waals surface area contributed by atoms with Gasteiger partial charge in [0, 0.05) is 43.0 Å². The Morgan fingerprint density at radius 2 is 1.89 bits per heavy atom. The van der Waals surface area contributed by atoms with Gasteiger partial charge in [0.15, 0.2) is 5.96 Å². The number of guanidine groups is 1. The Kier molecular flexibility index (Phi) is 6.94. The summed E-state index contributed by atoms with van der Waals surface area (Å²) in [4.78, 5) is 11.8. The molecule has 0 bridgehead atoms. The Morgan fingerprint density at radius 3 is 2.48 bits per heavy atom. The van der Waals surface area contributed by atoms with Gasteiger partial charge in [0.1, 0.15) is 12.4 Å². The maximum absolute atomic E-state index is 4.89. The Morgan fingerprint density at radius 1 is 1.19 bits per heavy atom. The first-order valence-corrected chi connectivity index (χ1v) is 9.45. The maximum atomic E-state index is 4.89. The molecule has 1 aromatic heterocycles. The molecule has 0 radical (unpaired) electrons. The number of hydrogen-bond donors (Lipinski definition) is 1. The van der Waals surface area contributed by atoms with Gasteiger partial charge in [-0.15, -0.1) is 24.0 Å². The van der Waals surface area contributed by atoms with Crippen LogP contribution in [0.25, 0.3) is 0 Å². The van der Waals surface area contributed by atoms with Gasteiger partial charge in [0.25, 0.3) is 0 Å². The number of benzene rings is 1. The average Bonchev–Trinajstić information content (AvgIpc) is 3.05. The number of nitrogens with one attached hydrogen (secondary N) is 1. The molecule has 0 spiro atoms. The highest BCUT2D eigenvalue weighted by atomic mass is 127. The normalized spacial score (nSPS) is 17.8. The molecule has 1 fully saturated rings. The van der Waals surface area contributed by atoms with E-state index in [4.69, 9.17) is 4.99 Å². The van der Waals surface area contributed by atoms with Crippen LogP contribution in [0.4, 0.5) is 0 Å². The van der Waals surface area contributed by atoms with Crippen LogP contribution in [0.3, 0.4) is 0 Å². The first-order chi connectivity index (χ1) is 12.3. The molecule has 5 nitrogen and oxygen atoms in total. The number of imidazole rings is 1. The van der Waals surface area contributed by atoms with Crippen molar-refractivity contribution in [3.63, 3.8) is 0 Å². The predicted molar refractivity (Wildman–Crippen MR) is 123 cm³/mol. The van der Waals surface area contributed by atoms with E-state index >= 15 is 0 Å². The summed E-state index contributed by atoms with van der Waals surface area (Å²) < 4.78 is 2.17. The van der Waals surface area contributed by atoms with E-state index in [-0.39, 0.29) is 34.9 Å². The summed E-state index contributed by atoms with van der Waals surface area (Å²) in [5, 5.41) is 3.45. The van der Waals surface area contributed by atoms with E-state index in [1.54, 1.807) is 0 Å². The van der Waals surface area contributed by atoms with Crippen LogP contribution in [0.1, 0.15) is 46.0 Å². The zero-order chi connectivity index (χ0) is 18.8. The molecule has 0 aliphatic carbocycles. The summed E-state index contributed by atoms with van der Waals surface area (Å²) in [6.45, 7) is 14.6. The number of hydrogen-bond acceptors (Lipinski definition) is 2. The van der Waals surface area contributed by atoms with Crippen LogP contribution < -0.4 is 5.32 Å². The molecule has 1 aliphatic rings. The standard InChI is InChI=1S/C21H31N5.HI/c1-6-22-19(26-16-20(2,3)21(26,4)5)24-14-18-23-12-13-25(18)15-17-10-8-7-9-11-17;/h7-13H,6,14-16H2,1-5H3,(H,22,24);1H. The Bertz CT molecular complexity index is 764. The van der Waals surface area contributed by atoms with Gasteiger partial charge in [-0.2, -0.15) is 0 Å². The van der Waals surface area contributed by atoms with E-state index in [0.717, 1.165) is 31.4 Å². The second-order valence-electron chi connectivity index (χ2n) is 8.16. The van der Waals surface area contributed by atoms with Crippen LogP contribution in [0.2, 0.25) is 0 Å². The van der Waals surface area contributed by atoms with E-state index < -0.39 is 0 Å². The molecule has 148 valence electrons. The number of nitrogens with zero attached hydrogens (tertiary/aromatic N) is 4. The lowest BCUT2D eigenvalue weighted by Gasteiger charge is -2.62. The fourth-order valence-corrected chi connectivity index (χ4v) is 3.36. The molecule has 1 N–H and O–H groups in total. The van der Waals surface area contributed by atoms with Gasteiger partial charge < -0.3 is 14.8 Å². The van der Waals surface area contributed by atoms with Crippen molar-refractivity contribution in [2.45, 2.75) is 53.2 Å². The molecule has 2 aromatic rings. The minimum absolute atomic E-state index is 0. The minimum atomic E-state index is 0. The average molecular weight is 481 g/mol. The van der Waals surface area contributed by atoms with E-state index in [1.165, 1.54) is 5.56 Å². The van der Waals surface area contributed by atoms with Crippen LogP contribution in [-0.2, 0) is 13.1 Å². The topological polar surface area (TPSA) is 45.5 Å². The number of rotatable bonds is 5. The number of halogens is 1. The highest BCUT2D eigenvalue weighted by Crippen LogP contribution is 2.46. The van der Waals surface area contributed by atoms with E-state index in [1.807, 2.05) is 18.5 Å². The third-order valence-electron chi connectivity index (χ3n) is 5.84. The van der Waals surface area contributed by atoms with Gasteiger partial charge in [-0.05, 0) is 26.3 Å². The smallest absolute Gasteiger partial charge is 0.194 e. The zero-order valence-electron chi connectivity index (χ0n) is 17.1. The van der Waals surface area contributed by atoms with Gasteiger partial charge in [-0.25, -0.2) is 9.98 Å². The number of aliphatic imine (C=N–C) groups is 1. The van der Waals surface area contributed by atoms with Crippen LogP contribution in [0.15, 0.2) is 47.7 Å². The Hall–Kier alpha value is -1.57. The van der Waals surface area contributed by atoms with Crippen LogP contribution in [0, 0.1) is 5.41 Å². The Labute approximate surface area is 180 Å². The molecule has 0 saturated carbocycles. The third kappa shape index (κ3) is 4.47. The summed E-state index contributed by atoms with van der Waals surface area (Å²) in [5.41, 5.74) is 1.65. The molecule has 0 unspecified atom stereocenters. The van der Waals surface area contributed by atoms with Gasteiger partial charge in [-0.3, -0.25) is 0 Å². The van der Waals surface area contributed by atoms with E-state index in [0.29, 0.717) is 6.54 Å². The molecule has 6 heteroatoms. The molecule has 1 aliphatic heterocycles. The molecule has 27 heavy (non-hydrogen) atoms. The fraction of sp³-hybridized carbons (Fsp3) is 0.524. The first-order valence-electron chi connectivity index (χ1n) is 9.45. The van der Waals surface area contributed by atoms with Crippen molar-refractivity contribution in [2.75, 3.05) is 13.1 Å². The van der Waals surface area contributed by atoms with Crippen LogP contribution in [-0.4, -0.2) is 39.0 Å². The molecule has 1 saturated heterocycles. The van der Waals surface area contributed by atoms with Crippen molar-refractivity contribution in [1.29, 1.82) is 0 Å². The lowest BCUT2D eigenvalue weighted by Crippen LogP contribution is -2.72. The third-order valence-corrected chi connectivity index (χ3v) is 5.84. The minimum Gasteiger partial charge on any atom is -0.356 e. The van der Waals surface area contributed by atoms with Gasteiger partial charge in [0.05, 0.1) is 0 Å². The first kappa shape index (κ1) is 21.7. The summed E-state index contributed by atoms with van der Waals surface area (Å²) in [5.74, 6) is 1.97. The van der Waals surface area contributed by atoms with Crippen molar-refractivity contribution in [3.05, 3.63) is 54.1 Å². The number of likely N-dealkylation sites (tertiary alicyclic amines) is 1. The quantitative estimate of drug-likeness (QED) is 0.397. The molecule has 0 atom stereocenters. The SMILES string of the molecule is CCNC(=NCc1nccn1Cc1ccccc1)N1CC(C)(C)C1(C)C.I. The van der Waals surface area contributed by atoms with Crippen LogP contribution in [0.5, 0.6) is 0 Å². The zero-order valence-corrected chi connectivity index (χ0v) is 19.4. The molecule has 3 rings (SSSR count). The molecule has 2 heterocycles. The fourth-order valence-electron chi connectivity index (χ4n) is 3.36. The molecular weight excluding hydrogens is 449 g/mol. The second-order valence-corrected chi connectivity index (χ2v) is 8.16. The van der Waals surface area contributed by atoms with Gasteiger partial charge in [0.2, 0.25) is 0 Å².